The average Bonchev–Trinajstić information content (AvgIpc) is 2.97. The summed E-state index contributed by atoms with van der Waals surface area (Å²) in [7, 11) is 2.55. The molecule has 0 fully saturated rings. The van der Waals surface area contributed by atoms with Gasteiger partial charge in [-0.05, 0) is 42.5 Å². The molecule has 0 aliphatic rings. The number of H-pyrrole nitrogens is 1. The van der Waals surface area contributed by atoms with Crippen molar-refractivity contribution in [1.29, 1.82) is 0 Å². The van der Waals surface area contributed by atoms with Crippen LogP contribution in [0.15, 0.2) is 76.9 Å². The number of nitrogens with one attached hydrogen (secondary N) is 3. The Morgan fingerprint density at radius 1 is 1.07 bits per heavy atom. The average molecular weight is 563 g/mol. The molecule has 0 aliphatic carbocycles. The minimum Gasteiger partial charge on any atom is -0.495 e. The van der Waals surface area contributed by atoms with E-state index in [-0.39, 0.29) is 23.4 Å². The number of aromatic nitrogens is 3. The van der Waals surface area contributed by atoms with Crippen LogP contribution >= 0.6 is 11.6 Å². The third-order valence-corrected chi connectivity index (χ3v) is 5.98. The van der Waals surface area contributed by atoms with Gasteiger partial charge in [0.15, 0.2) is 0 Å². The number of aromatic amines is 1. The van der Waals surface area contributed by atoms with Gasteiger partial charge in [-0.3, -0.25) is 24.2 Å². The normalized spacial score (nSPS) is 11.9. The second-order valence-electron chi connectivity index (χ2n) is 8.28. The van der Waals surface area contributed by atoms with Crippen molar-refractivity contribution in [3.05, 3.63) is 93.6 Å². The van der Waals surface area contributed by atoms with Crippen LogP contribution in [0.4, 0.5) is 5.69 Å². The summed E-state index contributed by atoms with van der Waals surface area (Å²) in [5.74, 6) is -3.48. The lowest BCUT2D eigenvalue weighted by atomic mass is 9.96. The molecule has 2 aromatic heterocycles. The molecule has 1 atom stereocenters. The number of halogens is 1. The van der Waals surface area contributed by atoms with Gasteiger partial charge in [0, 0.05) is 29.4 Å². The summed E-state index contributed by atoms with van der Waals surface area (Å²) in [6.07, 6.45) is 2.45. The van der Waals surface area contributed by atoms with Gasteiger partial charge in [0.2, 0.25) is 0 Å². The largest absolute Gasteiger partial charge is 0.495 e. The van der Waals surface area contributed by atoms with E-state index in [1.807, 2.05) is 0 Å². The van der Waals surface area contributed by atoms with E-state index in [1.54, 1.807) is 36.4 Å². The molecule has 40 heavy (non-hydrogen) atoms. The van der Waals surface area contributed by atoms with E-state index in [2.05, 4.69) is 30.8 Å². The van der Waals surface area contributed by atoms with Crippen LogP contribution in [-0.4, -0.2) is 52.7 Å². The zero-order valence-corrected chi connectivity index (χ0v) is 22.1. The number of rotatable bonds is 9. The lowest BCUT2D eigenvalue weighted by Gasteiger charge is -2.18. The number of amides is 2. The van der Waals surface area contributed by atoms with Gasteiger partial charge >= 0.3 is 5.97 Å². The molecule has 4 rings (SSSR count). The molecule has 12 nitrogen and oxygen atoms in total. The predicted octanol–water partition coefficient (Wildman–Crippen LogP) is 2.74. The molecule has 13 heteroatoms. The molecule has 2 heterocycles. The van der Waals surface area contributed by atoms with Crippen LogP contribution < -0.4 is 21.0 Å². The van der Waals surface area contributed by atoms with Gasteiger partial charge in [0.05, 0.1) is 30.9 Å². The predicted molar refractivity (Wildman–Crippen MR) is 147 cm³/mol. The summed E-state index contributed by atoms with van der Waals surface area (Å²) in [5, 5.41) is 7.04. The number of methoxy groups -OCH3 is 2. The minimum absolute atomic E-state index is 0.0662. The first-order valence-electron chi connectivity index (χ1n) is 11.8. The van der Waals surface area contributed by atoms with Crippen molar-refractivity contribution < 1.29 is 23.9 Å². The number of para-hydroxylation sites is 2. The van der Waals surface area contributed by atoms with Crippen molar-refractivity contribution in [3.8, 4) is 5.75 Å². The van der Waals surface area contributed by atoms with Gasteiger partial charge in [-0.25, -0.2) is 10.4 Å². The lowest BCUT2D eigenvalue weighted by molar-refractivity contribution is -0.143. The van der Waals surface area contributed by atoms with Crippen LogP contribution in [0, 0.1) is 5.92 Å². The van der Waals surface area contributed by atoms with Crippen molar-refractivity contribution >= 4 is 51.8 Å². The first-order chi connectivity index (χ1) is 19.3. The number of pyridine rings is 1. The first kappa shape index (κ1) is 27.9. The molecule has 4 aromatic rings. The zero-order chi connectivity index (χ0) is 28.6. The van der Waals surface area contributed by atoms with Gasteiger partial charge in [0.25, 0.3) is 17.4 Å². The molecule has 0 spiro atoms. The van der Waals surface area contributed by atoms with E-state index in [1.165, 1.54) is 37.7 Å². The summed E-state index contributed by atoms with van der Waals surface area (Å²) in [6.45, 7) is 0. The third-order valence-electron chi connectivity index (χ3n) is 5.75. The molecule has 0 bridgehead atoms. The first-order valence-corrected chi connectivity index (χ1v) is 12.2. The third kappa shape index (κ3) is 6.48. The topological polar surface area (TPSA) is 165 Å². The van der Waals surface area contributed by atoms with E-state index in [0.29, 0.717) is 21.8 Å². The number of nitrogens with zero attached hydrogens (tertiary/aromatic N) is 3. The number of hydrogen-bond donors (Lipinski definition) is 3. The van der Waals surface area contributed by atoms with Crippen LogP contribution in [-0.2, 0) is 20.7 Å². The van der Waals surface area contributed by atoms with E-state index in [0.717, 1.165) is 7.11 Å². The highest BCUT2D eigenvalue weighted by atomic mass is 35.5. The highest BCUT2D eigenvalue weighted by molar-refractivity contribution is 6.46. The Hall–Kier alpha value is -5.10. The number of anilines is 1. The van der Waals surface area contributed by atoms with E-state index in [9.17, 15) is 19.2 Å². The molecule has 0 unspecified atom stereocenters. The standard InChI is InChI=1S/C27H23ClN6O6/c1-39-22-6-4-3-5-19(22)31-26(37)23(33-34-24(35)15-9-11-29-12-10-15)17(27(38)40-2)14-21-25(36)32-20-13-16(28)7-8-18(20)30-21/h3-13,17H,14H2,1-2H3,(H,31,37)(H,32,36)(H,34,35)/b33-23+/t17-/m1/s1. The van der Waals surface area contributed by atoms with Crippen molar-refractivity contribution in [2.45, 2.75) is 6.42 Å². The molecular formula is C27H23ClN6O6. The van der Waals surface area contributed by atoms with Crippen LogP contribution in [0.3, 0.4) is 0 Å². The number of carbonyl (C=O) groups excluding carboxylic acids is 3. The number of hydrogen-bond acceptors (Lipinski definition) is 9. The molecule has 0 saturated heterocycles. The summed E-state index contributed by atoms with van der Waals surface area (Å²) in [5.41, 5.74) is 2.48. The zero-order valence-electron chi connectivity index (χ0n) is 21.3. The fourth-order valence-corrected chi connectivity index (χ4v) is 3.93. The Morgan fingerprint density at radius 2 is 1.82 bits per heavy atom. The maximum Gasteiger partial charge on any atom is 0.315 e. The highest BCUT2D eigenvalue weighted by Gasteiger charge is 2.33. The molecule has 0 radical (unpaired) electrons. The lowest BCUT2D eigenvalue weighted by Crippen LogP contribution is -2.39. The molecule has 0 saturated carbocycles. The van der Waals surface area contributed by atoms with Crippen molar-refractivity contribution in [3.63, 3.8) is 0 Å². The van der Waals surface area contributed by atoms with E-state index < -0.39 is 35.0 Å². The number of hydrazone groups is 1. The highest BCUT2D eigenvalue weighted by Crippen LogP contribution is 2.24. The SMILES string of the molecule is COC(=O)[C@H](Cc1nc2ccc(Cl)cc2[nH]c1=O)/C(=N\NC(=O)c1ccncc1)C(=O)Nc1ccccc1OC. The maximum absolute atomic E-state index is 13.5. The Kier molecular flexibility index (Phi) is 8.82. The second-order valence-corrected chi connectivity index (χ2v) is 8.72. The quantitative estimate of drug-likeness (QED) is 0.159. The molecule has 204 valence electrons. The van der Waals surface area contributed by atoms with Crippen molar-refractivity contribution in [2.75, 3.05) is 19.5 Å². The molecule has 2 aromatic carbocycles. The minimum atomic E-state index is -1.43. The fraction of sp³-hybridized carbons (Fsp3) is 0.148. The Bertz CT molecular complexity index is 1660. The van der Waals surface area contributed by atoms with Crippen molar-refractivity contribution in [2.24, 2.45) is 11.0 Å². The maximum atomic E-state index is 13.5. The van der Waals surface area contributed by atoms with E-state index >= 15 is 0 Å². The van der Waals surface area contributed by atoms with Gasteiger partial charge in [-0.2, -0.15) is 5.10 Å². The molecule has 2 amide bonds. The summed E-state index contributed by atoms with van der Waals surface area (Å²) in [6, 6.07) is 14.2. The second kappa shape index (κ2) is 12.6. The van der Waals surface area contributed by atoms with Crippen LogP contribution in [0.25, 0.3) is 11.0 Å². The Labute approximate surface area is 232 Å². The molecule has 3 N–H and O–H groups in total. The molecule has 0 aliphatic heterocycles. The Morgan fingerprint density at radius 3 is 2.55 bits per heavy atom. The van der Waals surface area contributed by atoms with Gasteiger partial charge in [-0.1, -0.05) is 23.7 Å². The van der Waals surface area contributed by atoms with E-state index in [4.69, 9.17) is 21.1 Å². The summed E-state index contributed by atoms with van der Waals surface area (Å²) in [4.78, 5) is 62.9. The monoisotopic (exact) mass is 562 g/mol. The fourth-order valence-electron chi connectivity index (χ4n) is 3.76. The van der Waals surface area contributed by atoms with Crippen LogP contribution in [0.5, 0.6) is 5.75 Å². The van der Waals surface area contributed by atoms with Crippen LogP contribution in [0.2, 0.25) is 5.02 Å². The van der Waals surface area contributed by atoms with Crippen molar-refractivity contribution in [1.82, 2.24) is 20.4 Å². The smallest absolute Gasteiger partial charge is 0.315 e. The molecular weight excluding hydrogens is 540 g/mol. The number of fused-ring (bicyclic) bond motifs is 1. The Balaban J connectivity index is 1.75. The summed E-state index contributed by atoms with van der Waals surface area (Å²) < 4.78 is 10.2. The number of ether oxygens (including phenoxy) is 2. The van der Waals surface area contributed by atoms with Gasteiger partial charge in [-0.15, -0.1) is 0 Å². The number of benzene rings is 2. The summed E-state index contributed by atoms with van der Waals surface area (Å²) >= 11 is 6.01. The number of esters is 1. The van der Waals surface area contributed by atoms with Gasteiger partial charge in [0.1, 0.15) is 23.1 Å². The number of carbonyl (C=O) groups is 3. The van der Waals surface area contributed by atoms with Crippen LogP contribution in [0.1, 0.15) is 16.1 Å². The van der Waals surface area contributed by atoms with Gasteiger partial charge < -0.3 is 19.8 Å².